The van der Waals surface area contributed by atoms with Gasteiger partial charge in [-0.2, -0.15) is 0 Å². The molecular weight excluding hydrogens is 326 g/mol. The highest BCUT2D eigenvalue weighted by Crippen LogP contribution is 2.18. The van der Waals surface area contributed by atoms with Crippen LogP contribution in [0.1, 0.15) is 5.56 Å². The number of ether oxygens (including phenoxy) is 1. The molecule has 0 radical (unpaired) electrons. The van der Waals surface area contributed by atoms with Crippen LogP contribution in [0.5, 0.6) is 0 Å². The molecule has 0 spiro atoms. The van der Waals surface area contributed by atoms with Crippen LogP contribution in [0.15, 0.2) is 53.4 Å². The molecule has 5 nitrogen and oxygen atoms in total. The van der Waals surface area contributed by atoms with Crippen LogP contribution in [-0.2, 0) is 26.0 Å². The standard InChI is InChI=1S/C15H14ClNO4S/c1-21-15(18)10-11-2-6-13(7-3-11)17-22(19,20)14-8-4-12(16)5-9-14/h2-9,17H,10H2,1H3. The Hall–Kier alpha value is -2.05. The number of hydrogen-bond acceptors (Lipinski definition) is 4. The van der Waals surface area contributed by atoms with Gasteiger partial charge in [0.15, 0.2) is 0 Å². The van der Waals surface area contributed by atoms with Gasteiger partial charge in [-0.15, -0.1) is 0 Å². The minimum Gasteiger partial charge on any atom is -0.469 e. The minimum absolute atomic E-state index is 0.121. The van der Waals surface area contributed by atoms with Crippen molar-refractivity contribution in [2.45, 2.75) is 11.3 Å². The van der Waals surface area contributed by atoms with Crippen molar-refractivity contribution in [1.82, 2.24) is 0 Å². The van der Waals surface area contributed by atoms with Crippen molar-refractivity contribution >= 4 is 33.3 Å². The van der Waals surface area contributed by atoms with E-state index in [2.05, 4.69) is 9.46 Å². The summed E-state index contributed by atoms with van der Waals surface area (Å²) in [6.45, 7) is 0. The molecule has 0 aliphatic rings. The van der Waals surface area contributed by atoms with Crippen molar-refractivity contribution in [3.05, 3.63) is 59.1 Å². The van der Waals surface area contributed by atoms with E-state index in [-0.39, 0.29) is 17.3 Å². The third kappa shape index (κ3) is 4.22. The fourth-order valence-electron chi connectivity index (χ4n) is 1.76. The molecule has 7 heteroatoms. The summed E-state index contributed by atoms with van der Waals surface area (Å²) < 4.78 is 31.4. The number of rotatable bonds is 5. The lowest BCUT2D eigenvalue weighted by molar-refractivity contribution is -0.139. The van der Waals surface area contributed by atoms with Crippen molar-refractivity contribution in [3.63, 3.8) is 0 Å². The fourth-order valence-corrected chi connectivity index (χ4v) is 2.94. The highest BCUT2D eigenvalue weighted by molar-refractivity contribution is 7.92. The van der Waals surface area contributed by atoms with E-state index in [1.165, 1.54) is 31.4 Å². The first kappa shape index (κ1) is 16.3. The normalized spacial score (nSPS) is 11.0. The molecule has 0 aliphatic heterocycles. The molecular formula is C15H14ClNO4S. The first-order chi connectivity index (χ1) is 10.4. The van der Waals surface area contributed by atoms with Crippen molar-refractivity contribution in [3.8, 4) is 0 Å². The van der Waals surface area contributed by atoms with Gasteiger partial charge in [0.2, 0.25) is 0 Å². The number of carbonyl (C=O) groups excluding carboxylic acids is 1. The SMILES string of the molecule is COC(=O)Cc1ccc(NS(=O)(=O)c2ccc(Cl)cc2)cc1. The third-order valence-corrected chi connectivity index (χ3v) is 4.56. The number of carbonyl (C=O) groups is 1. The molecule has 0 saturated heterocycles. The number of halogens is 1. The van der Waals surface area contributed by atoms with Crippen molar-refractivity contribution in [2.75, 3.05) is 11.8 Å². The summed E-state index contributed by atoms with van der Waals surface area (Å²) in [5.74, 6) is -0.352. The maximum atomic E-state index is 12.2. The summed E-state index contributed by atoms with van der Waals surface area (Å²) >= 11 is 5.74. The van der Waals surface area contributed by atoms with Gasteiger partial charge in [0.1, 0.15) is 0 Å². The van der Waals surface area contributed by atoms with Crippen LogP contribution >= 0.6 is 11.6 Å². The van der Waals surface area contributed by atoms with E-state index >= 15 is 0 Å². The Balaban J connectivity index is 2.13. The molecule has 0 bridgehead atoms. The Morgan fingerprint density at radius 3 is 2.23 bits per heavy atom. The van der Waals surface area contributed by atoms with Crippen LogP contribution in [0.4, 0.5) is 5.69 Å². The van der Waals surface area contributed by atoms with Crippen molar-refractivity contribution in [2.24, 2.45) is 0 Å². The average molecular weight is 340 g/mol. The molecule has 22 heavy (non-hydrogen) atoms. The lowest BCUT2D eigenvalue weighted by Crippen LogP contribution is -2.13. The predicted molar refractivity (Wildman–Crippen MR) is 84.4 cm³/mol. The van der Waals surface area contributed by atoms with E-state index in [4.69, 9.17) is 11.6 Å². The van der Waals surface area contributed by atoms with Crippen LogP contribution in [-0.4, -0.2) is 21.5 Å². The van der Waals surface area contributed by atoms with Crippen LogP contribution in [0.25, 0.3) is 0 Å². The Morgan fingerprint density at radius 1 is 1.09 bits per heavy atom. The average Bonchev–Trinajstić information content (AvgIpc) is 2.49. The van der Waals surface area contributed by atoms with Gasteiger partial charge in [-0.3, -0.25) is 9.52 Å². The van der Waals surface area contributed by atoms with Gasteiger partial charge in [-0.25, -0.2) is 8.42 Å². The van der Waals surface area contributed by atoms with Crippen molar-refractivity contribution < 1.29 is 17.9 Å². The summed E-state index contributed by atoms with van der Waals surface area (Å²) in [6, 6.07) is 12.4. The van der Waals surface area contributed by atoms with Crippen LogP contribution in [0, 0.1) is 0 Å². The number of esters is 1. The van der Waals surface area contributed by atoms with Gasteiger partial charge in [0.05, 0.1) is 18.4 Å². The molecule has 0 unspecified atom stereocenters. The van der Waals surface area contributed by atoms with Crippen molar-refractivity contribution in [1.29, 1.82) is 0 Å². The molecule has 0 amide bonds. The number of anilines is 1. The Bertz CT molecular complexity index is 755. The van der Waals surface area contributed by atoms with E-state index in [0.29, 0.717) is 10.7 Å². The number of sulfonamides is 1. The highest BCUT2D eigenvalue weighted by atomic mass is 35.5. The van der Waals surface area contributed by atoms with Gasteiger partial charge < -0.3 is 4.74 Å². The van der Waals surface area contributed by atoms with Crippen LogP contribution in [0.3, 0.4) is 0 Å². The Labute approximate surface area is 133 Å². The summed E-state index contributed by atoms with van der Waals surface area (Å²) in [7, 11) is -2.35. The molecule has 1 N–H and O–H groups in total. The molecule has 0 atom stereocenters. The van der Waals surface area contributed by atoms with Gasteiger partial charge in [0.25, 0.3) is 10.0 Å². The van der Waals surface area contributed by atoms with E-state index in [1.807, 2.05) is 0 Å². The van der Waals surface area contributed by atoms with Crippen LogP contribution in [0.2, 0.25) is 5.02 Å². The smallest absolute Gasteiger partial charge is 0.309 e. The molecule has 2 aromatic rings. The molecule has 0 saturated carbocycles. The Morgan fingerprint density at radius 2 is 1.68 bits per heavy atom. The second kappa shape index (κ2) is 6.81. The summed E-state index contributed by atoms with van der Waals surface area (Å²) in [6.07, 6.45) is 0.140. The summed E-state index contributed by atoms with van der Waals surface area (Å²) in [5, 5.41) is 0.464. The zero-order valence-corrected chi connectivity index (χ0v) is 13.3. The van der Waals surface area contributed by atoms with Gasteiger partial charge in [-0.05, 0) is 42.0 Å². The maximum Gasteiger partial charge on any atom is 0.309 e. The lowest BCUT2D eigenvalue weighted by Gasteiger charge is -2.09. The van der Waals surface area contributed by atoms with Gasteiger partial charge in [0, 0.05) is 10.7 Å². The number of hydrogen-bond donors (Lipinski definition) is 1. The quantitative estimate of drug-likeness (QED) is 0.850. The third-order valence-electron chi connectivity index (χ3n) is 2.91. The second-order valence-electron chi connectivity index (χ2n) is 4.51. The Kier molecular flexibility index (Phi) is 5.05. The molecule has 0 fully saturated rings. The largest absolute Gasteiger partial charge is 0.469 e. The maximum absolute atomic E-state index is 12.2. The monoisotopic (exact) mass is 339 g/mol. The van der Waals surface area contributed by atoms with Crippen LogP contribution < -0.4 is 4.72 Å². The number of methoxy groups -OCH3 is 1. The highest BCUT2D eigenvalue weighted by Gasteiger charge is 2.14. The fraction of sp³-hybridized carbons (Fsp3) is 0.133. The number of nitrogens with one attached hydrogen (secondary N) is 1. The summed E-state index contributed by atoms with van der Waals surface area (Å²) in [4.78, 5) is 11.3. The zero-order valence-electron chi connectivity index (χ0n) is 11.7. The predicted octanol–water partition coefficient (Wildman–Crippen LogP) is 2.86. The van der Waals surface area contributed by atoms with E-state index in [1.54, 1.807) is 24.3 Å². The molecule has 0 aromatic heterocycles. The lowest BCUT2D eigenvalue weighted by atomic mass is 10.1. The van der Waals surface area contributed by atoms with Gasteiger partial charge in [-0.1, -0.05) is 23.7 Å². The van der Waals surface area contributed by atoms with E-state index < -0.39 is 10.0 Å². The van der Waals surface area contributed by atoms with E-state index in [9.17, 15) is 13.2 Å². The minimum atomic E-state index is -3.67. The number of benzene rings is 2. The first-order valence-electron chi connectivity index (χ1n) is 6.35. The molecule has 2 aromatic carbocycles. The zero-order chi connectivity index (χ0) is 16.2. The molecule has 2 rings (SSSR count). The van der Waals surface area contributed by atoms with E-state index in [0.717, 1.165) is 5.56 Å². The molecule has 0 heterocycles. The second-order valence-corrected chi connectivity index (χ2v) is 6.63. The topological polar surface area (TPSA) is 72.5 Å². The first-order valence-corrected chi connectivity index (χ1v) is 8.21. The molecule has 0 aliphatic carbocycles. The van der Waals surface area contributed by atoms with Gasteiger partial charge >= 0.3 is 5.97 Å². The molecule has 116 valence electrons. The summed E-state index contributed by atoms with van der Waals surface area (Å²) in [5.41, 5.74) is 1.14.